The van der Waals surface area contributed by atoms with Gasteiger partial charge in [0.2, 0.25) is 0 Å². The summed E-state index contributed by atoms with van der Waals surface area (Å²) in [6.07, 6.45) is 0. The number of halogens is 2. The van der Waals surface area contributed by atoms with Crippen molar-refractivity contribution in [2.45, 2.75) is 0 Å². The van der Waals surface area contributed by atoms with Crippen molar-refractivity contribution in [2.24, 2.45) is 0 Å². The van der Waals surface area contributed by atoms with Gasteiger partial charge in [-0.2, -0.15) is 0 Å². The van der Waals surface area contributed by atoms with Gasteiger partial charge in [-0.25, -0.2) is 0 Å². The number of nitro benzene ring substituents is 1. The molecule has 0 unspecified atom stereocenters. The zero-order valence-corrected chi connectivity index (χ0v) is 17.8. The highest BCUT2D eigenvalue weighted by atomic mass is 35.5. The molecule has 0 aliphatic carbocycles. The summed E-state index contributed by atoms with van der Waals surface area (Å²) in [5, 5.41) is 16.6. The minimum atomic E-state index is -0.845. The Morgan fingerprint density at radius 1 is 1.13 bits per heavy atom. The summed E-state index contributed by atoms with van der Waals surface area (Å²) in [5.41, 5.74) is -0.260. The Kier molecular flexibility index (Phi) is 7.06. The second-order valence-corrected chi connectivity index (χ2v) is 7.89. The van der Waals surface area contributed by atoms with Crippen LogP contribution in [0.15, 0.2) is 42.5 Å². The molecule has 3 rings (SSSR count). The molecule has 1 heterocycles. The number of anilines is 1. The van der Waals surface area contributed by atoms with Gasteiger partial charge >= 0.3 is 5.97 Å². The maximum atomic E-state index is 12.3. The molecule has 1 aromatic heterocycles. The average molecular weight is 482 g/mol. The normalized spacial score (nSPS) is 10.5. The first-order valence-electron chi connectivity index (χ1n) is 8.61. The van der Waals surface area contributed by atoms with Gasteiger partial charge in [-0.05, 0) is 18.2 Å². The number of carbonyl (C=O) groups excluding carboxylic acids is 3. The summed E-state index contributed by atoms with van der Waals surface area (Å²) >= 11 is 13.1. The van der Waals surface area contributed by atoms with Crippen LogP contribution in [-0.4, -0.2) is 35.9 Å². The van der Waals surface area contributed by atoms with E-state index in [9.17, 15) is 24.5 Å². The van der Waals surface area contributed by atoms with Crippen LogP contribution in [0.2, 0.25) is 10.0 Å². The van der Waals surface area contributed by atoms with Crippen molar-refractivity contribution in [2.75, 3.05) is 18.5 Å². The van der Waals surface area contributed by atoms with E-state index < -0.39 is 35.9 Å². The van der Waals surface area contributed by atoms with E-state index in [-0.39, 0.29) is 21.3 Å². The highest BCUT2D eigenvalue weighted by Gasteiger charge is 2.18. The smallest absolute Gasteiger partial charge is 0.325 e. The van der Waals surface area contributed by atoms with E-state index in [4.69, 9.17) is 27.9 Å². The number of nitrogens with zero attached hydrogens (tertiary/aromatic N) is 1. The van der Waals surface area contributed by atoms with Crippen LogP contribution in [0.25, 0.3) is 10.1 Å². The van der Waals surface area contributed by atoms with Gasteiger partial charge in [-0.15, -0.1) is 11.3 Å². The molecule has 0 spiro atoms. The monoisotopic (exact) mass is 481 g/mol. The molecule has 0 bridgehead atoms. The Balaban J connectivity index is 1.49. The van der Waals surface area contributed by atoms with E-state index >= 15 is 0 Å². The lowest BCUT2D eigenvalue weighted by molar-refractivity contribution is -0.384. The molecule has 31 heavy (non-hydrogen) atoms. The van der Waals surface area contributed by atoms with Crippen molar-refractivity contribution in [3.8, 4) is 0 Å². The molecule has 0 aliphatic heterocycles. The third-order valence-corrected chi connectivity index (χ3v) is 5.92. The molecular weight excluding hydrogens is 469 g/mol. The summed E-state index contributed by atoms with van der Waals surface area (Å²) in [5.74, 6) is -2.10. The van der Waals surface area contributed by atoms with Crippen LogP contribution in [0, 0.1) is 10.1 Å². The fourth-order valence-electron chi connectivity index (χ4n) is 2.52. The minimum absolute atomic E-state index is 0.0797. The van der Waals surface area contributed by atoms with Gasteiger partial charge in [0.25, 0.3) is 17.5 Å². The standard InChI is InChI=1S/C19H13Cl2N3O6S/c20-12-6-5-10(7-13(12)24(28)29)23-15(25)9-30-16(26)8-22-19(27)18-17(21)11-3-1-2-4-14(11)31-18/h1-7H,8-9H2,(H,22,27)(H,23,25). The molecule has 3 aromatic rings. The van der Waals surface area contributed by atoms with Gasteiger partial charge in [0.15, 0.2) is 6.61 Å². The third kappa shape index (κ3) is 5.48. The molecule has 9 nitrogen and oxygen atoms in total. The quantitative estimate of drug-likeness (QED) is 0.297. The third-order valence-electron chi connectivity index (χ3n) is 3.93. The first-order chi connectivity index (χ1) is 14.8. The number of thiophene rings is 1. The lowest BCUT2D eigenvalue weighted by Crippen LogP contribution is -2.32. The van der Waals surface area contributed by atoms with Crippen LogP contribution < -0.4 is 10.6 Å². The van der Waals surface area contributed by atoms with Gasteiger partial charge in [-0.1, -0.05) is 41.4 Å². The van der Waals surface area contributed by atoms with Crippen LogP contribution in [0.5, 0.6) is 0 Å². The predicted octanol–water partition coefficient (Wildman–Crippen LogP) is 4.03. The number of hydrogen-bond acceptors (Lipinski definition) is 7. The highest BCUT2D eigenvalue weighted by Crippen LogP contribution is 2.35. The van der Waals surface area contributed by atoms with Crippen molar-refractivity contribution in [3.05, 3.63) is 67.5 Å². The zero-order valence-electron chi connectivity index (χ0n) is 15.5. The van der Waals surface area contributed by atoms with Crippen LogP contribution in [-0.2, 0) is 14.3 Å². The Bertz CT molecular complexity index is 1200. The molecule has 2 amide bonds. The van der Waals surface area contributed by atoms with E-state index in [1.54, 1.807) is 12.1 Å². The van der Waals surface area contributed by atoms with E-state index in [1.807, 2.05) is 12.1 Å². The van der Waals surface area contributed by atoms with Crippen LogP contribution >= 0.6 is 34.5 Å². The number of rotatable bonds is 7. The molecule has 0 radical (unpaired) electrons. The molecule has 2 N–H and O–H groups in total. The van der Waals surface area contributed by atoms with Crippen molar-refractivity contribution in [1.82, 2.24) is 5.32 Å². The molecule has 0 saturated heterocycles. The van der Waals surface area contributed by atoms with Crippen molar-refractivity contribution in [1.29, 1.82) is 0 Å². The number of hydrogen-bond donors (Lipinski definition) is 2. The number of benzene rings is 2. The van der Waals surface area contributed by atoms with Gasteiger partial charge in [0.1, 0.15) is 16.4 Å². The topological polar surface area (TPSA) is 128 Å². The van der Waals surface area contributed by atoms with Crippen molar-refractivity contribution in [3.63, 3.8) is 0 Å². The van der Waals surface area contributed by atoms with Crippen LogP contribution in [0.3, 0.4) is 0 Å². The minimum Gasteiger partial charge on any atom is -0.454 e. The number of ether oxygens (including phenoxy) is 1. The number of amides is 2. The fraction of sp³-hybridized carbons (Fsp3) is 0.105. The Labute approximate surface area is 189 Å². The van der Waals surface area contributed by atoms with E-state index in [0.717, 1.165) is 16.2 Å². The predicted molar refractivity (Wildman–Crippen MR) is 117 cm³/mol. The Morgan fingerprint density at radius 2 is 1.87 bits per heavy atom. The molecule has 0 fully saturated rings. The summed E-state index contributed by atoms with van der Waals surface area (Å²) in [7, 11) is 0. The molecule has 12 heteroatoms. The molecule has 0 aliphatic rings. The van der Waals surface area contributed by atoms with E-state index in [0.29, 0.717) is 5.02 Å². The van der Waals surface area contributed by atoms with E-state index in [2.05, 4.69) is 10.6 Å². The highest BCUT2D eigenvalue weighted by molar-refractivity contribution is 7.21. The van der Waals surface area contributed by atoms with E-state index in [1.165, 1.54) is 23.5 Å². The Morgan fingerprint density at radius 3 is 2.58 bits per heavy atom. The number of esters is 1. The van der Waals surface area contributed by atoms with Crippen LogP contribution in [0.4, 0.5) is 11.4 Å². The van der Waals surface area contributed by atoms with Crippen molar-refractivity contribution >= 4 is 73.8 Å². The van der Waals surface area contributed by atoms with Crippen LogP contribution in [0.1, 0.15) is 9.67 Å². The van der Waals surface area contributed by atoms with Gasteiger partial charge in [0.05, 0.1) is 9.95 Å². The van der Waals surface area contributed by atoms with Gasteiger partial charge in [-0.3, -0.25) is 24.5 Å². The summed E-state index contributed by atoms with van der Waals surface area (Å²) in [6, 6.07) is 10.9. The fourth-order valence-corrected chi connectivity index (χ4v) is 4.14. The summed E-state index contributed by atoms with van der Waals surface area (Å²) < 4.78 is 5.63. The lowest BCUT2D eigenvalue weighted by atomic mass is 10.2. The number of carbonyl (C=O) groups is 3. The average Bonchev–Trinajstić information content (AvgIpc) is 3.08. The first-order valence-corrected chi connectivity index (χ1v) is 10.2. The van der Waals surface area contributed by atoms with Gasteiger partial charge < -0.3 is 15.4 Å². The first kappa shape index (κ1) is 22.5. The number of nitrogens with one attached hydrogen (secondary N) is 2. The molecular formula is C19H13Cl2N3O6S. The summed E-state index contributed by atoms with van der Waals surface area (Å²) in [6.45, 7) is -1.11. The zero-order chi connectivity index (χ0) is 22.5. The lowest BCUT2D eigenvalue weighted by Gasteiger charge is -2.08. The maximum absolute atomic E-state index is 12.3. The largest absolute Gasteiger partial charge is 0.454 e. The number of fused-ring (bicyclic) bond motifs is 1. The molecule has 0 saturated carbocycles. The molecule has 0 atom stereocenters. The van der Waals surface area contributed by atoms with Gasteiger partial charge in [0, 0.05) is 21.8 Å². The molecule has 2 aromatic carbocycles. The van der Waals surface area contributed by atoms with Crippen molar-refractivity contribution < 1.29 is 24.0 Å². The summed E-state index contributed by atoms with van der Waals surface area (Å²) in [4.78, 5) is 46.5. The second kappa shape index (κ2) is 9.73. The molecule has 160 valence electrons. The Hall–Kier alpha value is -3.21. The SMILES string of the molecule is O=C(COC(=O)CNC(=O)c1sc2ccccc2c1Cl)Nc1ccc(Cl)c([N+](=O)[O-])c1. The number of nitro groups is 1. The maximum Gasteiger partial charge on any atom is 0.325 e. The second-order valence-electron chi connectivity index (χ2n) is 6.06.